The molecule has 0 bridgehead atoms. The topological polar surface area (TPSA) is 78.1 Å². The Kier molecular flexibility index (Phi) is 6.51. The average Bonchev–Trinajstić information content (AvgIpc) is 1.36. The fourth-order valence-electron chi connectivity index (χ4n) is 0. The second kappa shape index (κ2) is 4.43. The maximum Gasteiger partial charge on any atom is 0.129 e. The zero-order valence-electron chi connectivity index (χ0n) is 4.00. The summed E-state index contributed by atoms with van der Waals surface area (Å²) in [6.45, 7) is 3.69. The van der Waals surface area contributed by atoms with Crippen LogP contribution in [-0.4, -0.2) is 0 Å². The minimum absolute atomic E-state index is 2.31. The Morgan fingerprint density at radius 2 is 1.14 bits per heavy atom. The summed E-state index contributed by atoms with van der Waals surface area (Å²) in [5.74, 6) is 0. The number of nitrogens with two attached hydrogens (primary N) is 3. The van der Waals surface area contributed by atoms with E-state index in [9.17, 15) is 0 Å². The van der Waals surface area contributed by atoms with Gasteiger partial charge in [0.05, 0.1) is 0 Å². The van der Waals surface area contributed by atoms with Gasteiger partial charge >= 0.3 is 0 Å². The minimum Gasteiger partial charge on any atom is -0.280 e. The highest BCUT2D eigenvalue weighted by molar-refractivity contribution is 8.11. The van der Waals surface area contributed by atoms with Gasteiger partial charge in [-0.25, -0.2) is 0 Å². The van der Waals surface area contributed by atoms with E-state index in [0.29, 0.717) is 0 Å². The van der Waals surface area contributed by atoms with Crippen LogP contribution in [0.3, 0.4) is 0 Å². The molecule has 0 radical (unpaired) electrons. The van der Waals surface area contributed by atoms with Gasteiger partial charge in [-0.1, -0.05) is 0 Å². The Morgan fingerprint density at radius 1 is 1.14 bits per heavy atom. The molecule has 0 spiro atoms. The van der Waals surface area contributed by atoms with Crippen LogP contribution in [-0.2, 0) is 11.8 Å². The summed E-state index contributed by atoms with van der Waals surface area (Å²) in [6.07, 6.45) is 0. The van der Waals surface area contributed by atoms with Crippen LogP contribution in [0.2, 0.25) is 0 Å². The molecule has 0 aliphatic carbocycles. The monoisotopic (exact) mass is 139 g/mol. The van der Waals surface area contributed by atoms with E-state index in [1.54, 1.807) is 0 Å². The van der Waals surface area contributed by atoms with E-state index in [-0.39, 0.29) is 0 Å². The molecule has 0 amide bonds. The second-order valence-electron chi connectivity index (χ2n) is 0.763. The second-order valence-corrected chi connectivity index (χ2v) is 4.19. The van der Waals surface area contributed by atoms with Crippen molar-refractivity contribution in [2.75, 3.05) is 0 Å². The summed E-state index contributed by atoms with van der Waals surface area (Å²) in [6, 6.07) is 0. The Bertz CT molecular complexity index is 68.7. The molecule has 0 aliphatic heterocycles. The van der Waals surface area contributed by atoms with E-state index in [1.807, 2.05) is 0 Å². The van der Waals surface area contributed by atoms with Crippen molar-refractivity contribution in [2.24, 2.45) is 16.5 Å². The van der Waals surface area contributed by atoms with Crippen molar-refractivity contribution in [1.29, 1.82) is 0 Å². The fraction of sp³-hybridized carbons (Fsp3) is 0. The van der Waals surface area contributed by atoms with Crippen LogP contribution in [0, 0.1) is 0 Å². The van der Waals surface area contributed by atoms with Gasteiger partial charge in [-0.15, -0.1) is 13.2 Å². The Morgan fingerprint density at radius 3 is 1.14 bits per heavy atom. The Labute approximate surface area is 48.7 Å². The minimum atomic E-state index is -2.31. The molecule has 0 unspecified atom stereocenters. The maximum absolute atomic E-state index is 4.84. The molecule has 0 atom stereocenters. The molecular weight excluding hydrogens is 129 g/mol. The lowest BCUT2D eigenvalue weighted by atomic mass is 11.3. The number of hydrogen-bond donors (Lipinski definition) is 3. The van der Waals surface area contributed by atoms with Gasteiger partial charge in [-0.2, -0.15) is 0 Å². The van der Waals surface area contributed by atoms with Crippen LogP contribution in [0.1, 0.15) is 0 Å². The van der Waals surface area contributed by atoms with Gasteiger partial charge in [0, 0.05) is 0 Å². The molecular formula is C2H10N3PS. The van der Waals surface area contributed by atoms with Crippen molar-refractivity contribution in [3.8, 4) is 0 Å². The van der Waals surface area contributed by atoms with Gasteiger partial charge in [0.25, 0.3) is 0 Å². The van der Waals surface area contributed by atoms with Crippen LogP contribution >= 0.6 is 6.49 Å². The predicted octanol–water partition coefficient (Wildman–Crippen LogP) is -0.111. The van der Waals surface area contributed by atoms with Crippen LogP contribution in [0.25, 0.3) is 0 Å². The molecule has 0 rings (SSSR count). The van der Waals surface area contributed by atoms with Crippen LogP contribution in [0.4, 0.5) is 0 Å². The van der Waals surface area contributed by atoms with Crippen molar-refractivity contribution in [1.82, 2.24) is 0 Å². The molecule has 6 N–H and O–H groups in total. The number of hydrogen-bond acceptors (Lipinski definition) is 1. The Hall–Kier alpha value is 0.270. The van der Waals surface area contributed by atoms with E-state index in [4.69, 9.17) is 16.5 Å². The lowest BCUT2D eigenvalue weighted by molar-refractivity contribution is 1.68. The van der Waals surface area contributed by atoms with E-state index in [0.717, 1.165) is 0 Å². The zero-order chi connectivity index (χ0) is 6.50. The van der Waals surface area contributed by atoms with Crippen molar-refractivity contribution in [3.63, 3.8) is 0 Å². The molecule has 0 saturated heterocycles. The Balaban J connectivity index is 0. The van der Waals surface area contributed by atoms with Gasteiger partial charge in [0.15, 0.2) is 0 Å². The zero-order valence-corrected chi connectivity index (χ0v) is 5.71. The predicted molar refractivity (Wildman–Crippen MR) is 38.1 cm³/mol. The van der Waals surface area contributed by atoms with Crippen molar-refractivity contribution in [2.45, 2.75) is 0 Å². The standard InChI is InChI=1S/C2H4.H6N3PS/c1-2;1-4(2,3)5/h1-2H2;(H6,1,2,3,5). The molecule has 0 aliphatic rings. The van der Waals surface area contributed by atoms with Gasteiger partial charge in [0.1, 0.15) is 6.49 Å². The highest BCUT2D eigenvalue weighted by Crippen LogP contribution is 2.07. The van der Waals surface area contributed by atoms with E-state index in [2.05, 4.69) is 25.0 Å². The van der Waals surface area contributed by atoms with E-state index in [1.165, 1.54) is 0 Å². The highest BCUT2D eigenvalue weighted by atomic mass is 32.4. The van der Waals surface area contributed by atoms with Gasteiger partial charge in [0.2, 0.25) is 0 Å². The molecule has 0 aromatic rings. The summed E-state index contributed by atoms with van der Waals surface area (Å²) in [4.78, 5) is 0. The third kappa shape index (κ3) is 1570. The molecule has 0 heterocycles. The van der Waals surface area contributed by atoms with E-state index >= 15 is 0 Å². The molecule has 44 valence electrons. The lowest BCUT2D eigenvalue weighted by Crippen LogP contribution is -2.11. The number of rotatable bonds is 0. The quantitative estimate of drug-likeness (QED) is 0.323. The molecule has 0 aromatic heterocycles. The van der Waals surface area contributed by atoms with Crippen molar-refractivity contribution >= 4 is 18.3 Å². The van der Waals surface area contributed by atoms with Crippen LogP contribution < -0.4 is 16.5 Å². The molecule has 3 nitrogen and oxygen atoms in total. The lowest BCUT2D eigenvalue weighted by Gasteiger charge is -1.94. The van der Waals surface area contributed by atoms with Crippen LogP contribution in [0.15, 0.2) is 13.2 Å². The SMILES string of the molecule is C=C.NP(N)(N)=S. The summed E-state index contributed by atoms with van der Waals surface area (Å²) >= 11 is 4.27. The summed E-state index contributed by atoms with van der Waals surface area (Å²) < 4.78 is 0. The third-order valence-electron chi connectivity index (χ3n) is 0. The maximum atomic E-state index is 4.84. The normalized spacial score (nSPS) is 9.00. The van der Waals surface area contributed by atoms with Crippen LogP contribution in [0.5, 0.6) is 0 Å². The smallest absolute Gasteiger partial charge is 0.129 e. The average molecular weight is 139 g/mol. The van der Waals surface area contributed by atoms with Gasteiger partial charge in [-0.05, 0) is 11.8 Å². The first-order valence-electron chi connectivity index (χ1n) is 1.46. The molecule has 5 heteroatoms. The fourth-order valence-corrected chi connectivity index (χ4v) is 0. The summed E-state index contributed by atoms with van der Waals surface area (Å²) in [7, 11) is 0. The largest absolute Gasteiger partial charge is 0.280 e. The van der Waals surface area contributed by atoms with Gasteiger partial charge in [-0.3, -0.25) is 16.5 Å². The van der Waals surface area contributed by atoms with Crippen molar-refractivity contribution in [3.05, 3.63) is 13.2 Å². The molecule has 0 aromatic carbocycles. The third-order valence-corrected chi connectivity index (χ3v) is 0. The highest BCUT2D eigenvalue weighted by Gasteiger charge is 1.82. The van der Waals surface area contributed by atoms with E-state index < -0.39 is 6.49 Å². The summed E-state index contributed by atoms with van der Waals surface area (Å²) in [5.41, 5.74) is 14.5. The van der Waals surface area contributed by atoms with Gasteiger partial charge < -0.3 is 0 Å². The van der Waals surface area contributed by atoms with Crippen molar-refractivity contribution < 1.29 is 0 Å². The molecule has 0 saturated carbocycles. The molecule has 7 heavy (non-hydrogen) atoms. The molecule has 0 fully saturated rings. The summed E-state index contributed by atoms with van der Waals surface area (Å²) in [5, 5.41) is 0. The first-order valence-corrected chi connectivity index (χ1v) is 4.47. The first-order chi connectivity index (χ1) is 3.00. The first kappa shape index (κ1) is 10.3.